The maximum absolute atomic E-state index is 11.2. The molecule has 0 atom stereocenters. The fraction of sp³-hybridized carbons (Fsp3) is 0.125. The molecule has 0 aliphatic heterocycles. The number of H-pyrrole nitrogens is 1. The van der Waals surface area contributed by atoms with Gasteiger partial charge in [-0.3, -0.25) is 0 Å². The number of aromatic amines is 1. The van der Waals surface area contributed by atoms with Gasteiger partial charge in [0.2, 0.25) is 0 Å². The number of nitrogens with one attached hydrogen (secondary N) is 1. The number of nitrogens with zero attached hydrogens (tertiary/aromatic N) is 2. The molecule has 14 heavy (non-hydrogen) atoms. The van der Waals surface area contributed by atoms with E-state index in [0.29, 0.717) is 22.3 Å². The van der Waals surface area contributed by atoms with E-state index in [4.69, 9.17) is 5.73 Å². The summed E-state index contributed by atoms with van der Waals surface area (Å²) in [5.41, 5.74) is 7.47. The Hall–Kier alpha value is -2.11. The number of anilines is 1. The number of nitrogens with two attached hydrogens (primary N) is 1. The number of rotatable bonds is 1. The van der Waals surface area contributed by atoms with Crippen LogP contribution >= 0.6 is 0 Å². The van der Waals surface area contributed by atoms with Crippen molar-refractivity contribution in [2.75, 3.05) is 12.8 Å². The molecule has 0 spiro atoms. The van der Waals surface area contributed by atoms with Gasteiger partial charge in [0.15, 0.2) is 0 Å². The maximum Gasteiger partial charge on any atom is 0.340 e. The summed E-state index contributed by atoms with van der Waals surface area (Å²) in [4.78, 5) is 11.2. The van der Waals surface area contributed by atoms with Crippen molar-refractivity contribution in [3.63, 3.8) is 0 Å². The normalized spacial score (nSPS) is 10.4. The Morgan fingerprint density at radius 3 is 2.71 bits per heavy atom. The van der Waals surface area contributed by atoms with Crippen LogP contribution in [0.15, 0.2) is 12.1 Å². The molecule has 0 unspecified atom stereocenters. The molecular weight excluding hydrogens is 184 g/mol. The molecule has 0 aliphatic carbocycles. The summed E-state index contributed by atoms with van der Waals surface area (Å²) in [5, 5.41) is 10.1. The van der Waals surface area contributed by atoms with Crippen molar-refractivity contribution < 1.29 is 9.53 Å². The number of hydrogen-bond acceptors (Lipinski definition) is 5. The Labute approximate surface area is 79.0 Å². The van der Waals surface area contributed by atoms with Gasteiger partial charge in [-0.25, -0.2) is 4.79 Å². The third-order valence-corrected chi connectivity index (χ3v) is 1.89. The highest BCUT2D eigenvalue weighted by Crippen LogP contribution is 2.18. The van der Waals surface area contributed by atoms with Crippen LogP contribution in [-0.4, -0.2) is 28.5 Å². The van der Waals surface area contributed by atoms with Gasteiger partial charge < -0.3 is 10.5 Å². The molecule has 0 fully saturated rings. The number of esters is 1. The summed E-state index contributed by atoms with van der Waals surface area (Å²) in [6, 6.07) is 3.12. The summed E-state index contributed by atoms with van der Waals surface area (Å²) in [6.07, 6.45) is 0. The van der Waals surface area contributed by atoms with Crippen LogP contribution in [0.1, 0.15) is 10.4 Å². The van der Waals surface area contributed by atoms with Gasteiger partial charge in [0, 0.05) is 5.69 Å². The summed E-state index contributed by atoms with van der Waals surface area (Å²) in [5.74, 6) is -0.479. The standard InChI is InChI=1S/C8H8N4O2/c1-14-8(13)4-2-6-7(3-5(4)9)11-12-10-6/h2-3H,9H2,1H3,(H,10,11,12). The second kappa shape index (κ2) is 2.99. The molecular formula is C8H8N4O2. The molecule has 0 saturated carbocycles. The van der Waals surface area contributed by atoms with E-state index in [1.54, 1.807) is 12.1 Å². The highest BCUT2D eigenvalue weighted by atomic mass is 16.5. The quantitative estimate of drug-likeness (QED) is 0.501. The Kier molecular flexibility index (Phi) is 1.81. The lowest BCUT2D eigenvalue weighted by Crippen LogP contribution is -2.05. The van der Waals surface area contributed by atoms with Gasteiger partial charge in [-0.2, -0.15) is 15.4 Å². The fourth-order valence-electron chi connectivity index (χ4n) is 1.19. The molecule has 72 valence electrons. The van der Waals surface area contributed by atoms with E-state index in [1.165, 1.54) is 7.11 Å². The predicted octanol–water partition coefficient (Wildman–Crippen LogP) is 0.327. The number of fused-ring (bicyclic) bond motifs is 1. The third-order valence-electron chi connectivity index (χ3n) is 1.89. The number of benzene rings is 1. The first kappa shape index (κ1) is 8.49. The van der Waals surface area contributed by atoms with Gasteiger partial charge in [0.1, 0.15) is 11.0 Å². The van der Waals surface area contributed by atoms with Gasteiger partial charge >= 0.3 is 5.97 Å². The van der Waals surface area contributed by atoms with Gasteiger partial charge in [-0.05, 0) is 12.1 Å². The SMILES string of the molecule is COC(=O)c1cc2n[nH]nc2cc1N. The van der Waals surface area contributed by atoms with Crippen molar-refractivity contribution >= 4 is 22.7 Å². The van der Waals surface area contributed by atoms with Crippen molar-refractivity contribution in [3.8, 4) is 0 Å². The van der Waals surface area contributed by atoms with Gasteiger partial charge in [-0.1, -0.05) is 0 Å². The van der Waals surface area contributed by atoms with Gasteiger partial charge in [0.05, 0.1) is 12.7 Å². The average molecular weight is 192 g/mol. The first-order chi connectivity index (χ1) is 6.72. The molecule has 2 aromatic rings. The second-order valence-corrected chi connectivity index (χ2v) is 2.74. The van der Waals surface area contributed by atoms with E-state index < -0.39 is 5.97 Å². The molecule has 0 aliphatic rings. The van der Waals surface area contributed by atoms with E-state index >= 15 is 0 Å². The molecule has 6 heteroatoms. The zero-order valence-corrected chi connectivity index (χ0v) is 7.44. The van der Waals surface area contributed by atoms with Crippen LogP contribution in [0.2, 0.25) is 0 Å². The topological polar surface area (TPSA) is 93.9 Å². The number of nitrogen functional groups attached to an aromatic ring is 1. The van der Waals surface area contributed by atoms with Crippen molar-refractivity contribution in [3.05, 3.63) is 17.7 Å². The minimum absolute atomic E-state index is 0.300. The molecule has 0 amide bonds. The number of carbonyl (C=O) groups excluding carboxylic acids is 1. The predicted molar refractivity (Wildman–Crippen MR) is 49.6 cm³/mol. The summed E-state index contributed by atoms with van der Waals surface area (Å²) < 4.78 is 4.57. The van der Waals surface area contributed by atoms with Crippen molar-refractivity contribution in [2.24, 2.45) is 0 Å². The zero-order chi connectivity index (χ0) is 10.1. The lowest BCUT2D eigenvalue weighted by Gasteiger charge is -2.01. The Morgan fingerprint density at radius 1 is 1.43 bits per heavy atom. The molecule has 0 radical (unpaired) electrons. The Bertz CT molecular complexity index is 491. The second-order valence-electron chi connectivity index (χ2n) is 2.74. The van der Waals surface area contributed by atoms with Crippen LogP contribution in [0.4, 0.5) is 5.69 Å². The van der Waals surface area contributed by atoms with E-state index in [0.717, 1.165) is 0 Å². The molecule has 0 bridgehead atoms. The fourth-order valence-corrected chi connectivity index (χ4v) is 1.19. The zero-order valence-electron chi connectivity index (χ0n) is 7.44. The van der Waals surface area contributed by atoms with Crippen molar-refractivity contribution in [1.29, 1.82) is 0 Å². The van der Waals surface area contributed by atoms with Crippen LogP contribution < -0.4 is 5.73 Å². The van der Waals surface area contributed by atoms with E-state index in [2.05, 4.69) is 20.1 Å². The summed E-state index contributed by atoms with van der Waals surface area (Å²) >= 11 is 0. The van der Waals surface area contributed by atoms with Crippen LogP contribution in [0.3, 0.4) is 0 Å². The minimum Gasteiger partial charge on any atom is -0.465 e. The van der Waals surface area contributed by atoms with Crippen LogP contribution in [0, 0.1) is 0 Å². The average Bonchev–Trinajstić information content (AvgIpc) is 2.62. The highest BCUT2D eigenvalue weighted by Gasteiger charge is 2.12. The first-order valence-electron chi connectivity index (χ1n) is 3.90. The van der Waals surface area contributed by atoms with E-state index in [9.17, 15) is 4.79 Å². The van der Waals surface area contributed by atoms with Gasteiger partial charge in [0.25, 0.3) is 0 Å². The van der Waals surface area contributed by atoms with Crippen LogP contribution in [-0.2, 0) is 4.74 Å². The number of aromatic nitrogens is 3. The number of carbonyl (C=O) groups is 1. The molecule has 1 aromatic carbocycles. The van der Waals surface area contributed by atoms with E-state index in [1.807, 2.05) is 0 Å². The lowest BCUT2D eigenvalue weighted by molar-refractivity contribution is 0.0602. The van der Waals surface area contributed by atoms with Crippen molar-refractivity contribution in [2.45, 2.75) is 0 Å². The highest BCUT2D eigenvalue weighted by molar-refractivity contribution is 5.99. The third kappa shape index (κ3) is 1.17. The number of ether oxygens (including phenoxy) is 1. The number of hydrogen-bond donors (Lipinski definition) is 2. The van der Waals surface area contributed by atoms with E-state index in [-0.39, 0.29) is 0 Å². The van der Waals surface area contributed by atoms with Crippen LogP contribution in [0.25, 0.3) is 11.0 Å². The summed E-state index contributed by atoms with van der Waals surface area (Å²) in [7, 11) is 1.30. The summed E-state index contributed by atoms with van der Waals surface area (Å²) in [6.45, 7) is 0. The molecule has 6 nitrogen and oxygen atoms in total. The maximum atomic E-state index is 11.2. The lowest BCUT2D eigenvalue weighted by atomic mass is 10.1. The molecule has 0 saturated heterocycles. The monoisotopic (exact) mass is 192 g/mol. The molecule has 3 N–H and O–H groups in total. The molecule has 1 heterocycles. The molecule has 1 aromatic heterocycles. The minimum atomic E-state index is -0.479. The molecule has 2 rings (SSSR count). The van der Waals surface area contributed by atoms with Gasteiger partial charge in [-0.15, -0.1) is 0 Å². The first-order valence-corrected chi connectivity index (χ1v) is 3.90. The Balaban J connectivity index is 2.64. The van der Waals surface area contributed by atoms with Crippen LogP contribution in [0.5, 0.6) is 0 Å². The largest absolute Gasteiger partial charge is 0.465 e. The smallest absolute Gasteiger partial charge is 0.340 e. The van der Waals surface area contributed by atoms with Crippen molar-refractivity contribution in [1.82, 2.24) is 15.4 Å². The number of methoxy groups -OCH3 is 1. The Morgan fingerprint density at radius 2 is 2.07 bits per heavy atom.